The molecule has 21 heavy (non-hydrogen) atoms. The minimum atomic E-state index is -0.935. The molecule has 1 atom stereocenters. The van der Waals surface area contributed by atoms with Crippen LogP contribution in [0.5, 0.6) is 0 Å². The van der Waals surface area contributed by atoms with Crippen molar-refractivity contribution in [1.82, 2.24) is 10.2 Å². The summed E-state index contributed by atoms with van der Waals surface area (Å²) in [5.41, 5.74) is 2.22. The second-order valence-electron chi connectivity index (χ2n) is 5.58. The normalized spacial score (nSPS) is 20.2. The van der Waals surface area contributed by atoms with Gasteiger partial charge in [-0.2, -0.15) is 0 Å². The molecule has 5 heteroatoms. The molecule has 1 aliphatic carbocycles. The van der Waals surface area contributed by atoms with Crippen LogP contribution in [0.3, 0.4) is 0 Å². The van der Waals surface area contributed by atoms with Crippen LogP contribution in [-0.4, -0.2) is 28.0 Å². The van der Waals surface area contributed by atoms with Crippen LogP contribution in [0.2, 0.25) is 0 Å². The number of urea groups is 1. The van der Waals surface area contributed by atoms with Gasteiger partial charge < -0.3 is 15.3 Å². The van der Waals surface area contributed by atoms with Crippen LogP contribution < -0.4 is 5.32 Å². The number of allylic oxidation sites excluding steroid dienone is 1. The number of carboxylic acids is 1. The first kappa shape index (κ1) is 13.7. The molecule has 1 unspecified atom stereocenters. The largest absolute Gasteiger partial charge is 0.478 e. The van der Waals surface area contributed by atoms with Gasteiger partial charge in [0.15, 0.2) is 0 Å². The minimum absolute atomic E-state index is 0.0663. The van der Waals surface area contributed by atoms with Crippen molar-refractivity contribution in [2.24, 2.45) is 0 Å². The van der Waals surface area contributed by atoms with Crippen LogP contribution in [0.1, 0.15) is 40.7 Å². The second kappa shape index (κ2) is 5.60. The number of hydrogen-bond acceptors (Lipinski definition) is 2. The average Bonchev–Trinajstić information content (AvgIpc) is 2.91. The van der Waals surface area contributed by atoms with Crippen LogP contribution in [0.15, 0.2) is 30.4 Å². The molecule has 1 aromatic carbocycles. The predicted molar refractivity (Wildman–Crippen MR) is 78.0 cm³/mol. The molecular formula is C16H18N2O3. The molecule has 1 aliphatic heterocycles. The maximum Gasteiger partial charge on any atom is 0.335 e. The van der Waals surface area contributed by atoms with Gasteiger partial charge in [0, 0.05) is 19.1 Å². The SMILES string of the molecule is O=C(O)c1ccc2c(c1)CN(C(=O)NC1CC=CCC1)C2. The summed E-state index contributed by atoms with van der Waals surface area (Å²) in [7, 11) is 0. The summed E-state index contributed by atoms with van der Waals surface area (Å²) >= 11 is 0. The first-order valence-electron chi connectivity index (χ1n) is 7.19. The Balaban J connectivity index is 1.65. The Morgan fingerprint density at radius 2 is 2.00 bits per heavy atom. The van der Waals surface area contributed by atoms with Crippen molar-refractivity contribution in [2.45, 2.75) is 38.4 Å². The Morgan fingerprint density at radius 1 is 1.19 bits per heavy atom. The second-order valence-corrected chi connectivity index (χ2v) is 5.58. The maximum absolute atomic E-state index is 12.3. The van der Waals surface area contributed by atoms with Crippen LogP contribution in [-0.2, 0) is 13.1 Å². The van der Waals surface area contributed by atoms with E-state index >= 15 is 0 Å². The van der Waals surface area contributed by atoms with E-state index in [-0.39, 0.29) is 17.6 Å². The molecule has 2 N–H and O–H groups in total. The molecule has 1 aromatic rings. The fourth-order valence-electron chi connectivity index (χ4n) is 2.86. The first-order chi connectivity index (χ1) is 10.1. The molecule has 1 heterocycles. The van der Waals surface area contributed by atoms with E-state index in [9.17, 15) is 9.59 Å². The van der Waals surface area contributed by atoms with Gasteiger partial charge in [-0.3, -0.25) is 0 Å². The van der Waals surface area contributed by atoms with Gasteiger partial charge in [-0.25, -0.2) is 9.59 Å². The molecule has 0 radical (unpaired) electrons. The lowest BCUT2D eigenvalue weighted by Gasteiger charge is -2.23. The van der Waals surface area contributed by atoms with E-state index < -0.39 is 5.97 Å². The van der Waals surface area contributed by atoms with Crippen LogP contribution in [0, 0.1) is 0 Å². The highest BCUT2D eigenvalue weighted by Gasteiger charge is 2.25. The summed E-state index contributed by atoms with van der Waals surface area (Å²) in [6, 6.07) is 5.20. The Labute approximate surface area is 123 Å². The fourth-order valence-corrected chi connectivity index (χ4v) is 2.86. The van der Waals surface area contributed by atoms with E-state index in [0.717, 1.165) is 30.4 Å². The van der Waals surface area contributed by atoms with Crippen molar-refractivity contribution in [1.29, 1.82) is 0 Å². The summed E-state index contributed by atoms with van der Waals surface area (Å²) in [6.07, 6.45) is 7.11. The molecule has 0 fully saturated rings. The van der Waals surface area contributed by atoms with Crippen LogP contribution in [0.4, 0.5) is 4.79 Å². The van der Waals surface area contributed by atoms with E-state index in [4.69, 9.17) is 5.11 Å². The zero-order chi connectivity index (χ0) is 14.8. The van der Waals surface area contributed by atoms with Gasteiger partial charge in [-0.15, -0.1) is 0 Å². The number of amides is 2. The summed E-state index contributed by atoms with van der Waals surface area (Å²) in [5, 5.41) is 12.1. The highest BCUT2D eigenvalue weighted by Crippen LogP contribution is 2.24. The summed E-state index contributed by atoms with van der Waals surface area (Å²) < 4.78 is 0. The maximum atomic E-state index is 12.3. The van der Waals surface area contributed by atoms with E-state index in [0.29, 0.717) is 13.1 Å². The number of fused-ring (bicyclic) bond motifs is 1. The molecule has 0 bridgehead atoms. The molecule has 0 spiro atoms. The first-order valence-corrected chi connectivity index (χ1v) is 7.19. The summed E-state index contributed by atoms with van der Waals surface area (Å²) in [5.74, 6) is -0.935. The Hall–Kier alpha value is -2.30. The number of hydrogen-bond donors (Lipinski definition) is 2. The third-order valence-electron chi connectivity index (χ3n) is 4.06. The van der Waals surface area contributed by atoms with Gasteiger partial charge in [0.05, 0.1) is 5.56 Å². The van der Waals surface area contributed by atoms with E-state index in [1.807, 2.05) is 0 Å². The number of carbonyl (C=O) groups is 2. The molecule has 110 valence electrons. The lowest BCUT2D eigenvalue weighted by Crippen LogP contribution is -2.42. The molecule has 2 amide bonds. The van der Waals surface area contributed by atoms with Gasteiger partial charge >= 0.3 is 12.0 Å². The number of aromatic carboxylic acids is 1. The van der Waals surface area contributed by atoms with E-state index in [1.165, 1.54) is 0 Å². The highest BCUT2D eigenvalue weighted by atomic mass is 16.4. The fraction of sp³-hybridized carbons (Fsp3) is 0.375. The molecule has 5 nitrogen and oxygen atoms in total. The minimum Gasteiger partial charge on any atom is -0.478 e. The van der Waals surface area contributed by atoms with Crippen LogP contribution >= 0.6 is 0 Å². The monoisotopic (exact) mass is 286 g/mol. The van der Waals surface area contributed by atoms with Gasteiger partial charge in [0.2, 0.25) is 0 Å². The quantitative estimate of drug-likeness (QED) is 0.821. The lowest BCUT2D eigenvalue weighted by atomic mass is 10.0. The van der Waals surface area contributed by atoms with Gasteiger partial charge in [0.1, 0.15) is 0 Å². The van der Waals surface area contributed by atoms with Gasteiger partial charge in [-0.1, -0.05) is 18.2 Å². The average molecular weight is 286 g/mol. The Morgan fingerprint density at radius 3 is 2.71 bits per heavy atom. The highest BCUT2D eigenvalue weighted by molar-refractivity contribution is 5.88. The van der Waals surface area contributed by atoms with Crippen molar-refractivity contribution in [3.63, 3.8) is 0 Å². The molecule has 2 aliphatic rings. The third-order valence-corrected chi connectivity index (χ3v) is 4.06. The molecule has 3 rings (SSSR count). The molecule has 0 saturated heterocycles. The number of carbonyl (C=O) groups excluding carboxylic acids is 1. The molecular weight excluding hydrogens is 268 g/mol. The van der Waals surface area contributed by atoms with Gasteiger partial charge in [0.25, 0.3) is 0 Å². The number of benzene rings is 1. The van der Waals surface area contributed by atoms with Crippen molar-refractivity contribution in [3.8, 4) is 0 Å². The Bertz CT molecular complexity index is 610. The summed E-state index contributed by atoms with van der Waals surface area (Å²) in [4.78, 5) is 25.0. The zero-order valence-corrected chi connectivity index (χ0v) is 11.7. The Kier molecular flexibility index (Phi) is 3.64. The van der Waals surface area contributed by atoms with Gasteiger partial charge in [-0.05, 0) is 42.5 Å². The topological polar surface area (TPSA) is 69.6 Å². The number of nitrogens with zero attached hydrogens (tertiary/aromatic N) is 1. The molecule has 0 saturated carbocycles. The van der Waals surface area contributed by atoms with Crippen molar-refractivity contribution >= 4 is 12.0 Å². The lowest BCUT2D eigenvalue weighted by molar-refractivity contribution is 0.0696. The third kappa shape index (κ3) is 2.91. The van der Waals surface area contributed by atoms with Crippen molar-refractivity contribution < 1.29 is 14.7 Å². The van der Waals surface area contributed by atoms with E-state index in [2.05, 4.69) is 17.5 Å². The standard InChI is InChI=1S/C16H18N2O3/c19-15(20)11-6-7-12-9-18(10-13(12)8-11)16(21)17-14-4-2-1-3-5-14/h1-2,6-8,14H,3-5,9-10H2,(H,17,21)(H,19,20). The van der Waals surface area contributed by atoms with E-state index in [1.54, 1.807) is 23.1 Å². The number of nitrogens with one attached hydrogen (secondary N) is 1. The van der Waals surface area contributed by atoms with Crippen molar-refractivity contribution in [2.75, 3.05) is 0 Å². The van der Waals surface area contributed by atoms with Crippen molar-refractivity contribution in [3.05, 3.63) is 47.0 Å². The zero-order valence-electron chi connectivity index (χ0n) is 11.7. The van der Waals surface area contributed by atoms with Crippen LogP contribution in [0.25, 0.3) is 0 Å². The predicted octanol–water partition coefficient (Wildman–Crippen LogP) is 2.52. The smallest absolute Gasteiger partial charge is 0.335 e. The summed E-state index contributed by atoms with van der Waals surface area (Å²) in [6.45, 7) is 1.02. The number of carboxylic acid groups (broad SMARTS) is 1. The molecule has 0 aromatic heterocycles. The number of rotatable bonds is 2.